The Bertz CT molecular complexity index is 418. The zero-order valence-corrected chi connectivity index (χ0v) is 8.47. The van der Waals surface area contributed by atoms with Gasteiger partial charge in [-0.15, -0.1) is 0 Å². The van der Waals surface area contributed by atoms with Gasteiger partial charge in [-0.3, -0.25) is 4.42 Å². The van der Waals surface area contributed by atoms with Crippen LogP contribution in [0.25, 0.3) is 0 Å². The summed E-state index contributed by atoms with van der Waals surface area (Å²) in [5.41, 5.74) is 2.28. The Balaban J connectivity index is 1.97. The van der Waals surface area contributed by atoms with Crippen molar-refractivity contribution < 1.29 is 4.42 Å². The third-order valence-corrected chi connectivity index (χ3v) is 2.11. The van der Waals surface area contributed by atoms with Gasteiger partial charge in [-0.2, -0.15) is 0 Å². The van der Waals surface area contributed by atoms with E-state index in [9.17, 15) is 0 Å². The molecule has 0 aliphatic carbocycles. The van der Waals surface area contributed by atoms with Gasteiger partial charge in [0.25, 0.3) is 6.61 Å². The molecule has 0 heterocycles. The predicted octanol–water partition coefficient (Wildman–Crippen LogP) is 3.24. The Morgan fingerprint density at radius 2 is 1.40 bits per heavy atom. The Labute approximate surface area is 89.7 Å². The molecular weight excluding hydrogens is 184 g/mol. The summed E-state index contributed by atoms with van der Waals surface area (Å²) in [6.07, 6.45) is 1.78. The monoisotopic (exact) mass is 197 g/mol. The van der Waals surface area contributed by atoms with Gasteiger partial charge in [0.1, 0.15) is 0 Å². The molecule has 0 fully saturated rings. The van der Waals surface area contributed by atoms with Gasteiger partial charge in [0.05, 0.1) is 5.56 Å². The minimum absolute atomic E-state index is 0.621. The van der Waals surface area contributed by atoms with Crippen LogP contribution < -0.4 is 0 Å². The first-order valence-electron chi connectivity index (χ1n) is 4.99. The van der Waals surface area contributed by atoms with Gasteiger partial charge in [-0.05, 0) is 24.3 Å². The van der Waals surface area contributed by atoms with Crippen LogP contribution in [0.3, 0.4) is 0 Å². The van der Waals surface area contributed by atoms with Crippen molar-refractivity contribution in [2.75, 3.05) is 0 Å². The van der Waals surface area contributed by atoms with Crippen LogP contribution in [0.1, 0.15) is 15.6 Å². The summed E-state index contributed by atoms with van der Waals surface area (Å²) in [4.78, 5) is 0. The molecule has 1 heteroatoms. The lowest BCUT2D eigenvalue weighted by molar-refractivity contribution is -0.282. The second-order valence-corrected chi connectivity index (χ2v) is 3.33. The number of aldehydes is 1. The first-order chi connectivity index (χ1) is 7.45. The maximum atomic E-state index is 5.48. The SMILES string of the molecule is C(=[O+]Cc1ccccc1)c1ccccc1. The molecule has 2 aromatic carbocycles. The second-order valence-electron chi connectivity index (χ2n) is 3.33. The largest absolute Gasteiger partial charge is 0.316 e. The Kier molecular flexibility index (Phi) is 3.29. The molecule has 0 aliphatic heterocycles. The second kappa shape index (κ2) is 5.11. The van der Waals surface area contributed by atoms with Gasteiger partial charge in [0, 0.05) is 5.56 Å². The van der Waals surface area contributed by atoms with Crippen LogP contribution in [0.4, 0.5) is 0 Å². The molecule has 74 valence electrons. The quantitative estimate of drug-likeness (QED) is 0.528. The zero-order valence-electron chi connectivity index (χ0n) is 8.47. The lowest BCUT2D eigenvalue weighted by Crippen LogP contribution is -1.84. The maximum absolute atomic E-state index is 5.48. The van der Waals surface area contributed by atoms with Gasteiger partial charge < -0.3 is 0 Å². The maximum Gasteiger partial charge on any atom is 0.316 e. The van der Waals surface area contributed by atoms with E-state index in [0.29, 0.717) is 6.61 Å². The molecule has 0 bridgehead atoms. The van der Waals surface area contributed by atoms with E-state index in [1.54, 1.807) is 6.29 Å². The van der Waals surface area contributed by atoms with E-state index in [-0.39, 0.29) is 0 Å². The first kappa shape index (κ1) is 9.66. The number of carbonyl (C=O) groups excluding carboxylic acids is 1. The third-order valence-electron chi connectivity index (χ3n) is 2.11. The van der Waals surface area contributed by atoms with Crippen LogP contribution in [-0.4, -0.2) is 6.29 Å². The van der Waals surface area contributed by atoms with Crippen molar-refractivity contribution in [2.45, 2.75) is 6.61 Å². The molecule has 2 rings (SSSR count). The van der Waals surface area contributed by atoms with Crippen molar-refractivity contribution in [1.82, 2.24) is 0 Å². The van der Waals surface area contributed by atoms with E-state index >= 15 is 0 Å². The van der Waals surface area contributed by atoms with Gasteiger partial charge in [0.2, 0.25) is 0 Å². The summed E-state index contributed by atoms with van der Waals surface area (Å²) < 4.78 is 5.48. The number of rotatable bonds is 3. The number of hydrogen-bond acceptors (Lipinski definition) is 0. The third kappa shape index (κ3) is 3.06. The van der Waals surface area contributed by atoms with Gasteiger partial charge in [-0.25, -0.2) is 0 Å². The van der Waals surface area contributed by atoms with E-state index < -0.39 is 0 Å². The molecular formula is C14H13O+. The average molecular weight is 197 g/mol. The minimum Gasteiger partial charge on any atom is -0.257 e. The summed E-state index contributed by atoms with van der Waals surface area (Å²) in [5, 5.41) is 0. The molecule has 0 amide bonds. The van der Waals surface area contributed by atoms with E-state index in [1.807, 2.05) is 48.5 Å². The topological polar surface area (TPSA) is 11.3 Å². The Morgan fingerprint density at radius 1 is 0.800 bits per heavy atom. The smallest absolute Gasteiger partial charge is 0.257 e. The van der Waals surface area contributed by atoms with Crippen LogP contribution in [-0.2, 0) is 6.61 Å². The highest BCUT2D eigenvalue weighted by Gasteiger charge is 1.96. The van der Waals surface area contributed by atoms with E-state index in [2.05, 4.69) is 12.1 Å². The van der Waals surface area contributed by atoms with Crippen molar-refractivity contribution in [2.24, 2.45) is 0 Å². The predicted molar refractivity (Wildman–Crippen MR) is 62.0 cm³/mol. The van der Waals surface area contributed by atoms with Crippen molar-refractivity contribution >= 4 is 6.29 Å². The van der Waals surface area contributed by atoms with E-state index in [1.165, 1.54) is 5.56 Å². The zero-order chi connectivity index (χ0) is 10.3. The lowest BCUT2D eigenvalue weighted by Gasteiger charge is -1.87. The molecule has 15 heavy (non-hydrogen) atoms. The minimum atomic E-state index is 0.621. The lowest BCUT2D eigenvalue weighted by atomic mass is 10.2. The van der Waals surface area contributed by atoms with Gasteiger partial charge in [-0.1, -0.05) is 36.4 Å². The van der Waals surface area contributed by atoms with Crippen molar-refractivity contribution in [1.29, 1.82) is 0 Å². The fraction of sp³-hybridized carbons (Fsp3) is 0.0714. The molecule has 0 saturated heterocycles. The molecule has 0 atom stereocenters. The molecule has 0 aromatic heterocycles. The first-order valence-corrected chi connectivity index (χ1v) is 4.99. The van der Waals surface area contributed by atoms with Crippen LogP contribution in [0, 0.1) is 0 Å². The standard InChI is InChI=1S/C14H13O/c1-3-7-13(8-4-1)11-15-12-14-9-5-2-6-10-14/h1-11H,12H2/q+1. The normalized spacial score (nSPS) is 10.7. The fourth-order valence-corrected chi connectivity index (χ4v) is 1.34. The molecule has 0 unspecified atom stereocenters. The van der Waals surface area contributed by atoms with Crippen LogP contribution >= 0.6 is 0 Å². The highest BCUT2D eigenvalue weighted by atomic mass is 16.4. The summed E-state index contributed by atoms with van der Waals surface area (Å²) in [7, 11) is 0. The number of hydrogen-bond donors (Lipinski definition) is 0. The Hall–Kier alpha value is -1.89. The molecule has 0 spiro atoms. The van der Waals surface area contributed by atoms with Crippen molar-refractivity contribution in [3.8, 4) is 0 Å². The molecule has 0 radical (unpaired) electrons. The summed E-state index contributed by atoms with van der Waals surface area (Å²) in [6, 6.07) is 20.2. The summed E-state index contributed by atoms with van der Waals surface area (Å²) in [6.45, 7) is 0.621. The van der Waals surface area contributed by atoms with Crippen molar-refractivity contribution in [3.05, 3.63) is 71.8 Å². The van der Waals surface area contributed by atoms with E-state index in [0.717, 1.165) is 5.56 Å². The van der Waals surface area contributed by atoms with Gasteiger partial charge in [0.15, 0.2) is 0 Å². The van der Waals surface area contributed by atoms with Crippen molar-refractivity contribution in [3.63, 3.8) is 0 Å². The number of benzene rings is 2. The highest BCUT2D eigenvalue weighted by molar-refractivity contribution is 5.74. The average Bonchev–Trinajstić information content (AvgIpc) is 2.32. The van der Waals surface area contributed by atoms with E-state index in [4.69, 9.17) is 4.42 Å². The summed E-state index contributed by atoms with van der Waals surface area (Å²) >= 11 is 0. The molecule has 1 nitrogen and oxygen atoms in total. The highest BCUT2D eigenvalue weighted by Crippen LogP contribution is 2.00. The van der Waals surface area contributed by atoms with Crippen LogP contribution in [0.2, 0.25) is 0 Å². The fourth-order valence-electron chi connectivity index (χ4n) is 1.34. The Morgan fingerprint density at radius 3 is 2.07 bits per heavy atom. The molecule has 0 aliphatic rings. The molecule has 0 N–H and O–H groups in total. The summed E-state index contributed by atoms with van der Waals surface area (Å²) in [5.74, 6) is 0. The molecule has 2 aromatic rings. The van der Waals surface area contributed by atoms with Crippen LogP contribution in [0.15, 0.2) is 60.7 Å². The van der Waals surface area contributed by atoms with Crippen LogP contribution in [0.5, 0.6) is 0 Å². The van der Waals surface area contributed by atoms with Gasteiger partial charge >= 0.3 is 6.29 Å². The molecule has 0 saturated carbocycles.